The van der Waals surface area contributed by atoms with Gasteiger partial charge in [-0.2, -0.15) is 0 Å². The van der Waals surface area contributed by atoms with Gasteiger partial charge in [0.25, 0.3) is 0 Å². The molecule has 0 radical (unpaired) electrons. The van der Waals surface area contributed by atoms with Crippen LogP contribution in [0.25, 0.3) is 0 Å². The van der Waals surface area contributed by atoms with E-state index in [1.165, 1.54) is 18.2 Å². The normalized spacial score (nSPS) is 11.1. The van der Waals surface area contributed by atoms with Crippen LogP contribution in [0.3, 0.4) is 0 Å². The van der Waals surface area contributed by atoms with Crippen molar-refractivity contribution in [3.05, 3.63) is 54.1 Å². The number of benzene rings is 2. The first-order chi connectivity index (χ1) is 9.91. The highest BCUT2D eigenvalue weighted by molar-refractivity contribution is 7.91. The summed E-state index contributed by atoms with van der Waals surface area (Å²) >= 11 is 0. The van der Waals surface area contributed by atoms with Gasteiger partial charge in [0.15, 0.2) is 0 Å². The zero-order valence-electron chi connectivity index (χ0n) is 11.4. The predicted molar refractivity (Wildman–Crippen MR) is 79.2 cm³/mol. The number of aliphatic carboxylic acids is 1. The Hall–Kier alpha value is -2.34. The second-order valence-corrected chi connectivity index (χ2v) is 6.48. The Balaban J connectivity index is 2.51. The van der Waals surface area contributed by atoms with Gasteiger partial charge in [0.2, 0.25) is 9.84 Å². The molecule has 5 nitrogen and oxygen atoms in total. The topological polar surface area (TPSA) is 83.5 Å². The highest BCUT2D eigenvalue weighted by Crippen LogP contribution is 2.28. The minimum atomic E-state index is -3.70. The summed E-state index contributed by atoms with van der Waals surface area (Å²) in [5.74, 6) is -1.06. The maximum atomic E-state index is 12.7. The number of aryl methyl sites for hydroxylation is 1. The molecule has 0 aliphatic rings. The second-order valence-electron chi connectivity index (χ2n) is 4.56. The summed E-state index contributed by atoms with van der Waals surface area (Å²) in [5.41, 5.74) is 1.07. The molecule has 0 spiro atoms. The lowest BCUT2D eigenvalue weighted by atomic mass is 10.2. The van der Waals surface area contributed by atoms with E-state index in [4.69, 9.17) is 5.11 Å². The Kier molecular flexibility index (Phi) is 4.28. The Labute approximate surface area is 123 Å². The monoisotopic (exact) mass is 305 g/mol. The lowest BCUT2D eigenvalue weighted by Gasteiger charge is -2.12. The van der Waals surface area contributed by atoms with Crippen LogP contribution in [0.5, 0.6) is 0 Å². The molecule has 2 N–H and O–H groups in total. The van der Waals surface area contributed by atoms with Crippen molar-refractivity contribution in [2.45, 2.75) is 16.7 Å². The summed E-state index contributed by atoms with van der Waals surface area (Å²) in [5, 5.41) is 11.4. The van der Waals surface area contributed by atoms with Crippen LogP contribution in [0.1, 0.15) is 5.56 Å². The molecule has 2 aromatic rings. The molecule has 2 aromatic carbocycles. The third-order valence-corrected chi connectivity index (χ3v) is 4.72. The van der Waals surface area contributed by atoms with Crippen molar-refractivity contribution in [2.24, 2.45) is 0 Å². The third-order valence-electron chi connectivity index (χ3n) is 2.91. The first-order valence-electron chi connectivity index (χ1n) is 6.28. The van der Waals surface area contributed by atoms with E-state index in [0.29, 0.717) is 0 Å². The molecule has 2 rings (SSSR count). The third kappa shape index (κ3) is 3.41. The molecule has 0 aromatic heterocycles. The lowest BCUT2D eigenvalue weighted by molar-refractivity contribution is -0.134. The minimum Gasteiger partial charge on any atom is -0.480 e. The van der Waals surface area contributed by atoms with E-state index >= 15 is 0 Å². The van der Waals surface area contributed by atoms with Gasteiger partial charge in [-0.05, 0) is 36.8 Å². The highest BCUT2D eigenvalue weighted by Gasteiger charge is 2.21. The number of carbonyl (C=O) groups is 1. The van der Waals surface area contributed by atoms with Crippen molar-refractivity contribution < 1.29 is 18.3 Å². The standard InChI is InChI=1S/C15H15NO4S/c1-11-7-8-13(16-10-15(17)18)14(9-11)21(19,20)12-5-3-2-4-6-12/h2-9,16H,10H2,1H3,(H,17,18). The average Bonchev–Trinajstić information content (AvgIpc) is 2.46. The zero-order chi connectivity index (χ0) is 15.5. The maximum absolute atomic E-state index is 12.7. The lowest BCUT2D eigenvalue weighted by Crippen LogP contribution is -2.15. The molecule has 0 aliphatic heterocycles. The summed E-state index contributed by atoms with van der Waals surface area (Å²) in [4.78, 5) is 10.9. The molecule has 0 saturated carbocycles. The van der Waals surface area contributed by atoms with Gasteiger partial charge in [0.05, 0.1) is 15.5 Å². The van der Waals surface area contributed by atoms with Crippen molar-refractivity contribution in [2.75, 3.05) is 11.9 Å². The zero-order valence-corrected chi connectivity index (χ0v) is 12.2. The van der Waals surface area contributed by atoms with E-state index in [-0.39, 0.29) is 22.0 Å². The molecule has 0 fully saturated rings. The minimum absolute atomic E-state index is 0.0787. The molecular weight excluding hydrogens is 290 g/mol. The Morgan fingerprint density at radius 2 is 1.81 bits per heavy atom. The van der Waals surface area contributed by atoms with Crippen LogP contribution >= 0.6 is 0 Å². The van der Waals surface area contributed by atoms with Crippen molar-refractivity contribution in [1.82, 2.24) is 0 Å². The molecule has 0 heterocycles. The van der Waals surface area contributed by atoms with Crippen molar-refractivity contribution in [3.63, 3.8) is 0 Å². The molecule has 21 heavy (non-hydrogen) atoms. The van der Waals surface area contributed by atoms with Crippen molar-refractivity contribution in [1.29, 1.82) is 0 Å². The van der Waals surface area contributed by atoms with Gasteiger partial charge in [-0.1, -0.05) is 24.3 Å². The van der Waals surface area contributed by atoms with Gasteiger partial charge in [-0.3, -0.25) is 4.79 Å². The van der Waals surface area contributed by atoms with Crippen molar-refractivity contribution >= 4 is 21.5 Å². The highest BCUT2D eigenvalue weighted by atomic mass is 32.2. The van der Waals surface area contributed by atoms with Gasteiger partial charge in [-0.25, -0.2) is 8.42 Å². The van der Waals surface area contributed by atoms with Gasteiger partial charge in [0, 0.05) is 0 Å². The molecule has 0 aliphatic carbocycles. The van der Waals surface area contributed by atoms with Crippen LogP contribution < -0.4 is 5.32 Å². The summed E-state index contributed by atoms with van der Waals surface area (Å²) in [6.45, 7) is 1.44. The number of sulfone groups is 1. The number of nitrogens with one attached hydrogen (secondary N) is 1. The van der Waals surface area contributed by atoms with Crippen LogP contribution in [-0.2, 0) is 14.6 Å². The van der Waals surface area contributed by atoms with E-state index in [1.54, 1.807) is 37.3 Å². The molecule has 0 atom stereocenters. The Morgan fingerprint density at radius 3 is 2.43 bits per heavy atom. The number of anilines is 1. The smallest absolute Gasteiger partial charge is 0.322 e. The number of hydrogen-bond acceptors (Lipinski definition) is 4. The SMILES string of the molecule is Cc1ccc(NCC(=O)O)c(S(=O)(=O)c2ccccc2)c1. The number of carboxylic acids is 1. The molecule has 110 valence electrons. The average molecular weight is 305 g/mol. The Bertz CT molecular complexity index is 754. The summed E-state index contributed by atoms with van der Waals surface area (Å²) in [6.07, 6.45) is 0. The van der Waals surface area contributed by atoms with Gasteiger partial charge < -0.3 is 10.4 Å². The van der Waals surface area contributed by atoms with Gasteiger partial charge >= 0.3 is 5.97 Å². The molecule has 0 saturated heterocycles. The summed E-state index contributed by atoms with van der Waals surface area (Å²) < 4.78 is 25.3. The molecule has 0 unspecified atom stereocenters. The van der Waals surface area contributed by atoms with Crippen LogP contribution in [-0.4, -0.2) is 26.0 Å². The van der Waals surface area contributed by atoms with E-state index < -0.39 is 15.8 Å². The summed E-state index contributed by atoms with van der Waals surface area (Å²) in [7, 11) is -3.70. The first-order valence-corrected chi connectivity index (χ1v) is 7.76. The largest absolute Gasteiger partial charge is 0.480 e. The number of rotatable bonds is 5. The van der Waals surface area contributed by atoms with E-state index in [2.05, 4.69) is 5.32 Å². The van der Waals surface area contributed by atoms with Crippen LogP contribution in [0.2, 0.25) is 0 Å². The molecule has 0 bridgehead atoms. The van der Waals surface area contributed by atoms with E-state index in [9.17, 15) is 13.2 Å². The Morgan fingerprint density at radius 1 is 1.14 bits per heavy atom. The van der Waals surface area contributed by atoms with Crippen LogP contribution in [0.15, 0.2) is 58.3 Å². The maximum Gasteiger partial charge on any atom is 0.322 e. The number of carboxylic acid groups (broad SMARTS) is 1. The van der Waals surface area contributed by atoms with Gasteiger partial charge in [-0.15, -0.1) is 0 Å². The van der Waals surface area contributed by atoms with Crippen molar-refractivity contribution in [3.8, 4) is 0 Å². The second kappa shape index (κ2) is 5.97. The molecular formula is C15H15NO4S. The van der Waals surface area contributed by atoms with E-state index in [0.717, 1.165) is 5.56 Å². The van der Waals surface area contributed by atoms with Crippen LogP contribution in [0.4, 0.5) is 5.69 Å². The summed E-state index contributed by atoms with van der Waals surface area (Å²) in [6, 6.07) is 12.9. The van der Waals surface area contributed by atoms with Gasteiger partial charge in [0.1, 0.15) is 6.54 Å². The fourth-order valence-electron chi connectivity index (χ4n) is 1.90. The quantitative estimate of drug-likeness (QED) is 0.885. The van der Waals surface area contributed by atoms with Crippen LogP contribution in [0, 0.1) is 6.92 Å². The fourth-order valence-corrected chi connectivity index (χ4v) is 3.44. The van der Waals surface area contributed by atoms with E-state index in [1.807, 2.05) is 0 Å². The first kappa shape index (κ1) is 15.1. The predicted octanol–water partition coefficient (Wildman–Crippen LogP) is 2.32. The molecule has 0 amide bonds. The molecule has 6 heteroatoms. The number of hydrogen-bond donors (Lipinski definition) is 2. The fraction of sp³-hybridized carbons (Fsp3) is 0.133.